The van der Waals surface area contributed by atoms with Crippen molar-refractivity contribution in [2.45, 2.75) is 70.7 Å². The second-order valence-corrected chi connectivity index (χ2v) is 10.4. The summed E-state index contributed by atoms with van der Waals surface area (Å²) >= 11 is 3.28. The van der Waals surface area contributed by atoms with Crippen LogP contribution < -0.4 is 0 Å². The second kappa shape index (κ2) is 7.04. The lowest BCUT2D eigenvalue weighted by atomic mass is 9.92. The maximum Gasteiger partial charge on any atom is 0.325 e. The molecule has 1 fully saturated rings. The van der Waals surface area contributed by atoms with Gasteiger partial charge in [0.2, 0.25) is 0 Å². The Morgan fingerprint density at radius 2 is 1.18 bits per heavy atom. The molecular weight excluding hydrogens is 320 g/mol. The molecule has 0 aromatic heterocycles. The summed E-state index contributed by atoms with van der Waals surface area (Å²) in [5.74, 6) is 0.889. The third-order valence-corrected chi connectivity index (χ3v) is 6.36. The molecule has 1 aliphatic heterocycles. The summed E-state index contributed by atoms with van der Waals surface area (Å²) < 4.78 is 10.9. The number of rotatable bonds is 3. The van der Waals surface area contributed by atoms with Gasteiger partial charge in [-0.15, -0.1) is 23.5 Å². The first-order valence-corrected chi connectivity index (χ1v) is 9.66. The molecular formula is C16H28O4S2. The first kappa shape index (κ1) is 19.7. The number of esters is 2. The molecule has 0 N–H and O–H groups in total. The highest BCUT2D eigenvalue weighted by atomic mass is 32.2. The molecule has 22 heavy (non-hydrogen) atoms. The molecule has 0 radical (unpaired) electrons. The maximum atomic E-state index is 12.8. The molecule has 128 valence electrons. The van der Waals surface area contributed by atoms with E-state index < -0.39 is 28.6 Å². The molecule has 1 heterocycles. The van der Waals surface area contributed by atoms with Gasteiger partial charge in [-0.05, 0) is 66.4 Å². The zero-order valence-corrected chi connectivity index (χ0v) is 16.3. The van der Waals surface area contributed by atoms with Crippen molar-refractivity contribution in [2.24, 2.45) is 5.41 Å². The fourth-order valence-electron chi connectivity index (χ4n) is 1.87. The van der Waals surface area contributed by atoms with Crippen molar-refractivity contribution in [3.05, 3.63) is 0 Å². The minimum absolute atomic E-state index is 0.175. The van der Waals surface area contributed by atoms with Gasteiger partial charge in [0.1, 0.15) is 11.2 Å². The van der Waals surface area contributed by atoms with E-state index >= 15 is 0 Å². The van der Waals surface area contributed by atoms with Crippen molar-refractivity contribution in [3.63, 3.8) is 0 Å². The minimum Gasteiger partial charge on any atom is -0.459 e. The summed E-state index contributed by atoms with van der Waals surface area (Å²) in [6.07, 6.45) is 1.09. The van der Waals surface area contributed by atoms with Crippen LogP contribution in [0.2, 0.25) is 0 Å². The number of carbonyl (C=O) groups excluding carboxylic acids is 2. The molecule has 0 atom stereocenters. The molecule has 0 aromatic rings. The van der Waals surface area contributed by atoms with E-state index in [1.165, 1.54) is 0 Å². The number of thioether (sulfide) groups is 2. The van der Waals surface area contributed by atoms with E-state index in [1.54, 1.807) is 30.4 Å². The molecule has 0 saturated carbocycles. The SMILES string of the molecule is CC(C)(C)OC(=O)C(C)(C(=O)OC(C)(C)C)C1SCCCS1. The average molecular weight is 349 g/mol. The predicted octanol–water partition coefficient (Wildman–Crippen LogP) is 3.87. The second-order valence-electron chi connectivity index (χ2n) is 7.63. The summed E-state index contributed by atoms with van der Waals surface area (Å²) in [7, 11) is 0. The Morgan fingerprint density at radius 3 is 1.50 bits per heavy atom. The smallest absolute Gasteiger partial charge is 0.325 e. The fraction of sp³-hybridized carbons (Fsp3) is 0.875. The minimum atomic E-state index is -1.30. The van der Waals surface area contributed by atoms with Crippen LogP contribution in [0.25, 0.3) is 0 Å². The molecule has 0 aromatic carbocycles. The molecule has 1 rings (SSSR count). The number of hydrogen-bond donors (Lipinski definition) is 0. The highest BCUT2D eigenvalue weighted by molar-refractivity contribution is 8.17. The average Bonchev–Trinajstić information content (AvgIpc) is 2.34. The molecule has 0 amide bonds. The highest BCUT2D eigenvalue weighted by Crippen LogP contribution is 2.45. The normalized spacial score (nSPS) is 18.0. The van der Waals surface area contributed by atoms with E-state index in [4.69, 9.17) is 9.47 Å². The summed E-state index contributed by atoms with van der Waals surface area (Å²) in [6.45, 7) is 12.5. The maximum absolute atomic E-state index is 12.8. The van der Waals surface area contributed by atoms with Gasteiger partial charge in [-0.1, -0.05) is 0 Å². The van der Waals surface area contributed by atoms with Crippen LogP contribution in [0, 0.1) is 5.41 Å². The van der Waals surface area contributed by atoms with Crippen LogP contribution in [0.3, 0.4) is 0 Å². The van der Waals surface area contributed by atoms with Gasteiger partial charge in [-0.3, -0.25) is 9.59 Å². The van der Waals surface area contributed by atoms with Crippen molar-refractivity contribution in [1.82, 2.24) is 0 Å². The number of ether oxygens (including phenoxy) is 2. The topological polar surface area (TPSA) is 52.6 Å². The summed E-state index contributed by atoms with van der Waals surface area (Å²) in [4.78, 5) is 25.5. The molecule has 4 nitrogen and oxygen atoms in total. The quantitative estimate of drug-likeness (QED) is 0.570. The van der Waals surface area contributed by atoms with Crippen molar-refractivity contribution >= 4 is 35.5 Å². The molecule has 6 heteroatoms. The lowest BCUT2D eigenvalue weighted by Crippen LogP contribution is -2.50. The van der Waals surface area contributed by atoms with Gasteiger partial charge in [0.05, 0.1) is 4.58 Å². The van der Waals surface area contributed by atoms with Crippen molar-refractivity contribution in [1.29, 1.82) is 0 Å². The number of hydrogen-bond acceptors (Lipinski definition) is 6. The fourth-order valence-corrected chi connectivity index (χ4v) is 5.11. The lowest BCUT2D eigenvalue weighted by molar-refractivity contribution is -0.182. The van der Waals surface area contributed by atoms with Crippen LogP contribution >= 0.6 is 23.5 Å². The Bertz CT molecular complexity index is 387. The molecule has 0 bridgehead atoms. The van der Waals surface area contributed by atoms with Crippen LogP contribution in [0.15, 0.2) is 0 Å². The van der Waals surface area contributed by atoms with Gasteiger partial charge in [-0.2, -0.15) is 0 Å². The molecule has 1 saturated heterocycles. The highest BCUT2D eigenvalue weighted by Gasteiger charge is 2.53. The van der Waals surface area contributed by atoms with Gasteiger partial charge in [-0.25, -0.2) is 0 Å². The Hall–Kier alpha value is -0.360. The van der Waals surface area contributed by atoms with Crippen molar-refractivity contribution in [2.75, 3.05) is 11.5 Å². The lowest BCUT2D eigenvalue weighted by Gasteiger charge is -2.38. The van der Waals surface area contributed by atoms with Gasteiger partial charge in [0, 0.05) is 0 Å². The van der Waals surface area contributed by atoms with Crippen LogP contribution in [-0.4, -0.2) is 39.2 Å². The third-order valence-electron chi connectivity index (χ3n) is 2.94. The zero-order chi connectivity index (χ0) is 17.2. The summed E-state index contributed by atoms with van der Waals surface area (Å²) in [6, 6.07) is 0. The van der Waals surface area contributed by atoms with Gasteiger partial charge < -0.3 is 9.47 Å². The first-order chi connectivity index (χ1) is 9.86. The summed E-state index contributed by atoms with van der Waals surface area (Å²) in [5.41, 5.74) is -2.56. The number of carbonyl (C=O) groups is 2. The standard InChI is InChI=1S/C16H28O4S2/c1-14(2,3)19-11(17)16(7,12(18)20-15(4,5)6)13-21-9-8-10-22-13/h13H,8-10H2,1-7H3. The van der Waals surface area contributed by atoms with E-state index in [-0.39, 0.29) is 4.58 Å². The largest absolute Gasteiger partial charge is 0.459 e. The van der Waals surface area contributed by atoms with Crippen LogP contribution in [-0.2, 0) is 19.1 Å². The van der Waals surface area contributed by atoms with E-state index in [0.29, 0.717) is 0 Å². The predicted molar refractivity (Wildman–Crippen MR) is 93.1 cm³/mol. The Morgan fingerprint density at radius 1 is 0.818 bits per heavy atom. The Labute approximate surface area is 142 Å². The zero-order valence-electron chi connectivity index (χ0n) is 14.6. The van der Waals surface area contributed by atoms with Gasteiger partial charge >= 0.3 is 11.9 Å². The van der Waals surface area contributed by atoms with E-state index in [0.717, 1.165) is 17.9 Å². The monoisotopic (exact) mass is 348 g/mol. The van der Waals surface area contributed by atoms with E-state index in [9.17, 15) is 9.59 Å². The summed E-state index contributed by atoms with van der Waals surface area (Å²) in [5, 5.41) is 0. The van der Waals surface area contributed by atoms with Crippen molar-refractivity contribution in [3.8, 4) is 0 Å². The van der Waals surface area contributed by atoms with E-state index in [2.05, 4.69) is 0 Å². The molecule has 1 aliphatic rings. The molecule has 0 spiro atoms. The Balaban J connectivity index is 3.07. The Kier molecular flexibility index (Phi) is 6.30. The molecule has 0 aliphatic carbocycles. The van der Waals surface area contributed by atoms with Crippen LogP contribution in [0.5, 0.6) is 0 Å². The van der Waals surface area contributed by atoms with Gasteiger partial charge in [0.15, 0.2) is 5.41 Å². The van der Waals surface area contributed by atoms with Gasteiger partial charge in [0.25, 0.3) is 0 Å². The third kappa shape index (κ3) is 5.37. The molecule has 0 unspecified atom stereocenters. The van der Waals surface area contributed by atoms with Crippen molar-refractivity contribution < 1.29 is 19.1 Å². The van der Waals surface area contributed by atoms with Crippen LogP contribution in [0.4, 0.5) is 0 Å². The van der Waals surface area contributed by atoms with Crippen LogP contribution in [0.1, 0.15) is 54.9 Å². The first-order valence-electron chi connectivity index (χ1n) is 7.56. The van der Waals surface area contributed by atoms with E-state index in [1.807, 2.05) is 41.5 Å².